The number of methoxy groups -OCH3 is 1. The Morgan fingerprint density at radius 1 is 1.21 bits per heavy atom. The van der Waals surface area contributed by atoms with Crippen molar-refractivity contribution < 1.29 is 28.5 Å². The fourth-order valence-electron chi connectivity index (χ4n) is 5.83. The van der Waals surface area contributed by atoms with Crippen LogP contribution in [0.4, 0.5) is 0 Å². The summed E-state index contributed by atoms with van der Waals surface area (Å²) in [4.78, 5) is 29.0. The third-order valence-electron chi connectivity index (χ3n) is 7.63. The SMILES string of the molecule is COc1ccccc1CNC(=O)C1[C@@H]2C=C[C@@]3(CN(Cc4ccc5c(c4)OCO5)C(=O)[C@@]13C)O2. The van der Waals surface area contributed by atoms with Crippen molar-refractivity contribution in [1.29, 1.82) is 0 Å². The molecule has 4 aliphatic heterocycles. The normalized spacial score (nSPS) is 30.1. The van der Waals surface area contributed by atoms with Crippen LogP contribution in [0, 0.1) is 11.3 Å². The molecular weight excluding hydrogens is 436 g/mol. The van der Waals surface area contributed by atoms with Crippen molar-refractivity contribution in [1.82, 2.24) is 10.2 Å². The fourth-order valence-corrected chi connectivity index (χ4v) is 5.83. The summed E-state index contributed by atoms with van der Waals surface area (Å²) in [5, 5.41) is 3.01. The molecule has 2 aromatic carbocycles. The van der Waals surface area contributed by atoms with Gasteiger partial charge >= 0.3 is 0 Å². The lowest BCUT2D eigenvalue weighted by atomic mass is 9.64. The van der Waals surface area contributed by atoms with Crippen LogP contribution >= 0.6 is 0 Å². The van der Waals surface area contributed by atoms with Gasteiger partial charge in [-0.05, 0) is 30.7 Å². The molecule has 1 unspecified atom stereocenters. The van der Waals surface area contributed by atoms with E-state index < -0.39 is 23.0 Å². The van der Waals surface area contributed by atoms with E-state index in [4.69, 9.17) is 18.9 Å². The summed E-state index contributed by atoms with van der Waals surface area (Å²) in [5.74, 6) is 1.22. The van der Waals surface area contributed by atoms with E-state index in [1.54, 1.807) is 12.0 Å². The largest absolute Gasteiger partial charge is 0.496 e. The van der Waals surface area contributed by atoms with Gasteiger partial charge in [-0.25, -0.2) is 0 Å². The Labute approximate surface area is 197 Å². The number of ether oxygens (including phenoxy) is 4. The van der Waals surface area contributed by atoms with Crippen molar-refractivity contribution in [3.63, 3.8) is 0 Å². The van der Waals surface area contributed by atoms with Crippen LogP contribution in [0.15, 0.2) is 54.6 Å². The number of likely N-dealkylation sites (tertiary alicyclic amines) is 1. The van der Waals surface area contributed by atoms with Crippen LogP contribution in [0.1, 0.15) is 18.1 Å². The summed E-state index contributed by atoms with van der Waals surface area (Å²) in [6.07, 6.45) is 3.48. The highest BCUT2D eigenvalue weighted by atomic mass is 16.7. The monoisotopic (exact) mass is 462 g/mol. The Morgan fingerprint density at radius 2 is 2.03 bits per heavy atom. The van der Waals surface area contributed by atoms with Gasteiger partial charge in [-0.3, -0.25) is 9.59 Å². The number of hydrogen-bond donors (Lipinski definition) is 1. The molecule has 34 heavy (non-hydrogen) atoms. The molecule has 2 fully saturated rings. The molecule has 1 N–H and O–H groups in total. The lowest BCUT2D eigenvalue weighted by Crippen LogP contribution is -2.52. The average Bonchev–Trinajstić information content (AvgIpc) is 3.58. The highest BCUT2D eigenvalue weighted by Crippen LogP contribution is 2.60. The van der Waals surface area contributed by atoms with E-state index in [9.17, 15) is 9.59 Å². The van der Waals surface area contributed by atoms with Gasteiger partial charge in [0.2, 0.25) is 18.6 Å². The highest BCUT2D eigenvalue weighted by molar-refractivity contribution is 5.96. The number of nitrogens with zero attached hydrogens (tertiary/aromatic N) is 1. The van der Waals surface area contributed by atoms with Gasteiger partial charge in [-0.1, -0.05) is 36.4 Å². The number of rotatable bonds is 6. The third-order valence-corrected chi connectivity index (χ3v) is 7.63. The molecule has 1 spiro atoms. The van der Waals surface area contributed by atoms with E-state index in [0.717, 1.165) is 11.1 Å². The Kier molecular flexibility index (Phi) is 4.64. The van der Waals surface area contributed by atoms with Crippen molar-refractivity contribution in [2.24, 2.45) is 11.3 Å². The molecule has 0 aromatic heterocycles. The Hall–Kier alpha value is -3.52. The molecule has 0 aliphatic carbocycles. The average molecular weight is 463 g/mol. The van der Waals surface area contributed by atoms with Crippen molar-refractivity contribution in [2.45, 2.75) is 31.7 Å². The molecule has 176 valence electrons. The molecule has 6 rings (SSSR count). The van der Waals surface area contributed by atoms with Gasteiger partial charge in [0, 0.05) is 18.7 Å². The van der Waals surface area contributed by atoms with Crippen molar-refractivity contribution in [3.05, 3.63) is 65.7 Å². The molecule has 2 aromatic rings. The zero-order valence-electron chi connectivity index (χ0n) is 19.1. The topological polar surface area (TPSA) is 86.3 Å². The van der Waals surface area contributed by atoms with Crippen LogP contribution in [0.3, 0.4) is 0 Å². The highest BCUT2D eigenvalue weighted by Gasteiger charge is 2.74. The van der Waals surface area contributed by atoms with Gasteiger partial charge in [-0.2, -0.15) is 0 Å². The molecule has 2 amide bonds. The summed E-state index contributed by atoms with van der Waals surface area (Å²) in [6, 6.07) is 13.2. The number of carbonyl (C=O) groups is 2. The first kappa shape index (κ1) is 21.0. The van der Waals surface area contributed by atoms with Crippen molar-refractivity contribution in [2.75, 3.05) is 20.4 Å². The predicted octanol–water partition coefficient (Wildman–Crippen LogP) is 2.41. The number of carbonyl (C=O) groups excluding carboxylic acids is 2. The number of para-hydroxylation sites is 1. The first-order valence-corrected chi connectivity index (χ1v) is 11.4. The summed E-state index contributed by atoms with van der Waals surface area (Å²) in [7, 11) is 1.60. The minimum atomic E-state index is -0.979. The molecule has 4 atom stereocenters. The molecule has 8 nitrogen and oxygen atoms in total. The lowest BCUT2D eigenvalue weighted by molar-refractivity contribution is -0.143. The Bertz CT molecular complexity index is 1210. The number of nitrogens with one attached hydrogen (secondary N) is 1. The van der Waals surface area contributed by atoms with Crippen molar-refractivity contribution >= 4 is 11.8 Å². The molecular formula is C26H26N2O6. The quantitative estimate of drug-likeness (QED) is 0.664. The summed E-state index contributed by atoms with van der Waals surface area (Å²) >= 11 is 0. The van der Waals surface area contributed by atoms with Gasteiger partial charge in [0.25, 0.3) is 0 Å². The minimum Gasteiger partial charge on any atom is -0.496 e. The fraction of sp³-hybridized carbons (Fsp3) is 0.385. The predicted molar refractivity (Wildman–Crippen MR) is 121 cm³/mol. The van der Waals surface area contributed by atoms with Crippen LogP contribution in [0.5, 0.6) is 17.2 Å². The number of fused-ring (bicyclic) bond motifs is 2. The lowest BCUT2D eigenvalue weighted by Gasteiger charge is -2.34. The maximum atomic E-state index is 13.8. The zero-order chi connectivity index (χ0) is 23.5. The molecule has 4 heterocycles. The van der Waals surface area contributed by atoms with Crippen LogP contribution in [0.25, 0.3) is 0 Å². The van der Waals surface area contributed by atoms with Crippen molar-refractivity contribution in [3.8, 4) is 17.2 Å². The third kappa shape index (κ3) is 2.88. The van der Waals surface area contributed by atoms with E-state index in [-0.39, 0.29) is 18.6 Å². The van der Waals surface area contributed by atoms with Crippen LogP contribution in [0.2, 0.25) is 0 Å². The van der Waals surface area contributed by atoms with E-state index in [2.05, 4.69) is 5.32 Å². The van der Waals surface area contributed by atoms with Gasteiger partial charge in [-0.15, -0.1) is 0 Å². The van der Waals surface area contributed by atoms with Gasteiger partial charge in [0.05, 0.1) is 31.1 Å². The second-order valence-electron chi connectivity index (χ2n) is 9.39. The standard InChI is InChI=1S/C26H26N2O6/c1-25-22(23(29)27-12-17-5-3-4-6-18(17)31-2)20-9-10-26(25,34-20)14-28(24(25)30)13-16-7-8-19-21(11-16)33-15-32-19/h3-11,20,22H,12-15H2,1-2H3,(H,27,29)/t20-,22?,25+,26-/m0/s1. The van der Waals surface area contributed by atoms with E-state index in [1.165, 1.54) is 0 Å². The maximum absolute atomic E-state index is 13.8. The Morgan fingerprint density at radius 3 is 2.88 bits per heavy atom. The first-order valence-electron chi connectivity index (χ1n) is 11.4. The van der Waals surface area contributed by atoms with E-state index in [1.807, 2.05) is 61.5 Å². The Balaban J connectivity index is 1.23. The van der Waals surface area contributed by atoms with E-state index in [0.29, 0.717) is 36.9 Å². The van der Waals surface area contributed by atoms with Crippen LogP contribution in [-0.4, -0.2) is 48.9 Å². The second-order valence-corrected chi connectivity index (χ2v) is 9.39. The molecule has 4 aliphatic rings. The molecule has 8 heteroatoms. The number of benzene rings is 2. The van der Waals surface area contributed by atoms with Crippen LogP contribution < -0.4 is 19.5 Å². The summed E-state index contributed by atoms with van der Waals surface area (Å²) in [5.41, 5.74) is 0.0267. The van der Waals surface area contributed by atoms with Gasteiger partial charge in [0.15, 0.2) is 11.5 Å². The van der Waals surface area contributed by atoms with Gasteiger partial charge in [0.1, 0.15) is 11.4 Å². The number of amides is 2. The minimum absolute atomic E-state index is 0.0746. The second kappa shape index (κ2) is 7.50. The van der Waals surface area contributed by atoms with Crippen LogP contribution in [-0.2, 0) is 27.4 Å². The first-order chi connectivity index (χ1) is 16.4. The maximum Gasteiger partial charge on any atom is 0.233 e. The molecule has 0 saturated carbocycles. The zero-order valence-corrected chi connectivity index (χ0v) is 19.1. The molecule has 0 radical (unpaired) electrons. The summed E-state index contributed by atoms with van der Waals surface area (Å²) in [6.45, 7) is 3.19. The smallest absolute Gasteiger partial charge is 0.233 e. The van der Waals surface area contributed by atoms with E-state index >= 15 is 0 Å². The molecule has 2 saturated heterocycles. The molecule has 2 bridgehead atoms. The summed E-state index contributed by atoms with van der Waals surface area (Å²) < 4.78 is 22.6. The number of hydrogen-bond acceptors (Lipinski definition) is 6. The van der Waals surface area contributed by atoms with Gasteiger partial charge < -0.3 is 29.2 Å².